The third-order valence-electron chi connectivity index (χ3n) is 3.63. The lowest BCUT2D eigenvalue weighted by atomic mass is 10.2. The number of anilines is 3. The van der Waals surface area contributed by atoms with E-state index in [1.165, 1.54) is 0 Å². The maximum Gasteiger partial charge on any atom is 0.225 e. The van der Waals surface area contributed by atoms with Gasteiger partial charge in [-0.3, -0.25) is 5.10 Å². The van der Waals surface area contributed by atoms with E-state index in [0.717, 1.165) is 22.5 Å². The van der Waals surface area contributed by atoms with Crippen molar-refractivity contribution in [2.75, 3.05) is 10.6 Å². The number of H-pyrrole nitrogens is 2. The van der Waals surface area contributed by atoms with Gasteiger partial charge in [-0.1, -0.05) is 0 Å². The Kier molecular flexibility index (Phi) is 3.54. The smallest absolute Gasteiger partial charge is 0.225 e. The summed E-state index contributed by atoms with van der Waals surface area (Å²) in [7, 11) is 0. The van der Waals surface area contributed by atoms with Gasteiger partial charge in [0.1, 0.15) is 11.6 Å². The van der Waals surface area contributed by atoms with Crippen LogP contribution in [0.4, 0.5) is 17.6 Å². The predicted octanol–water partition coefficient (Wildman–Crippen LogP) is 2.99. The summed E-state index contributed by atoms with van der Waals surface area (Å²) in [4.78, 5) is 16.5. The molecule has 1 unspecified atom stereocenters. The minimum atomic E-state index is -0.0216. The van der Waals surface area contributed by atoms with Crippen LogP contribution >= 0.6 is 0 Å². The molecule has 1 atom stereocenters. The van der Waals surface area contributed by atoms with E-state index in [1.54, 1.807) is 18.5 Å². The van der Waals surface area contributed by atoms with E-state index in [2.05, 4.69) is 40.8 Å². The van der Waals surface area contributed by atoms with E-state index >= 15 is 0 Å². The third-order valence-corrected chi connectivity index (χ3v) is 3.63. The maximum absolute atomic E-state index is 4.64. The van der Waals surface area contributed by atoms with Crippen LogP contribution in [-0.4, -0.2) is 30.1 Å². The second-order valence-electron chi connectivity index (χ2n) is 5.37. The summed E-state index contributed by atoms with van der Waals surface area (Å²) in [6.45, 7) is 2.03. The molecule has 0 saturated carbocycles. The molecule has 0 aliphatic rings. The topological polar surface area (TPSA) is 107 Å². The normalized spacial score (nSPS) is 12.2. The highest BCUT2D eigenvalue weighted by molar-refractivity contribution is 5.74. The molecule has 0 radical (unpaired) electrons. The Bertz CT molecular complexity index is 944. The van der Waals surface area contributed by atoms with Crippen LogP contribution in [0.2, 0.25) is 0 Å². The van der Waals surface area contributed by atoms with E-state index in [0.29, 0.717) is 11.8 Å². The van der Waals surface area contributed by atoms with Crippen LogP contribution < -0.4 is 10.6 Å². The Labute approximate surface area is 137 Å². The molecular formula is C16H16N8. The van der Waals surface area contributed by atoms with Crippen molar-refractivity contribution in [3.05, 3.63) is 54.6 Å². The maximum atomic E-state index is 4.64. The molecule has 4 aromatic heterocycles. The first-order chi connectivity index (χ1) is 11.8. The summed E-state index contributed by atoms with van der Waals surface area (Å²) >= 11 is 0. The molecule has 120 valence electrons. The third kappa shape index (κ3) is 2.89. The molecule has 0 bridgehead atoms. The molecule has 24 heavy (non-hydrogen) atoms. The minimum absolute atomic E-state index is 0.0216. The fourth-order valence-corrected chi connectivity index (χ4v) is 2.42. The van der Waals surface area contributed by atoms with Gasteiger partial charge >= 0.3 is 0 Å². The van der Waals surface area contributed by atoms with E-state index in [9.17, 15) is 0 Å². The zero-order valence-electron chi connectivity index (χ0n) is 13.0. The van der Waals surface area contributed by atoms with Crippen molar-refractivity contribution < 1.29 is 0 Å². The molecule has 4 aromatic rings. The first kappa shape index (κ1) is 14.2. The van der Waals surface area contributed by atoms with Crippen LogP contribution in [-0.2, 0) is 0 Å². The molecule has 4 N–H and O–H groups in total. The van der Waals surface area contributed by atoms with Crippen molar-refractivity contribution in [1.29, 1.82) is 0 Å². The lowest BCUT2D eigenvalue weighted by Gasteiger charge is -2.14. The standard InChI is InChI=1S/C16H16N8/c1-10(11-2-3-12-13(21-11)4-7-17-12)20-16-18-8-5-14(23-16)22-15-6-9-19-24-15/h2-10,17H,1H3,(H3,18,19,20,22,23,24). The van der Waals surface area contributed by atoms with Crippen LogP contribution in [0.25, 0.3) is 11.0 Å². The minimum Gasteiger partial charge on any atom is -0.360 e. The molecule has 8 nitrogen and oxygen atoms in total. The van der Waals surface area contributed by atoms with E-state index in [1.807, 2.05) is 37.4 Å². The quantitative estimate of drug-likeness (QED) is 0.450. The van der Waals surface area contributed by atoms with Gasteiger partial charge in [0, 0.05) is 18.5 Å². The van der Waals surface area contributed by atoms with Crippen molar-refractivity contribution in [2.45, 2.75) is 13.0 Å². The number of pyridine rings is 1. The molecule has 0 amide bonds. The van der Waals surface area contributed by atoms with Crippen LogP contribution in [0.15, 0.2) is 48.9 Å². The number of rotatable bonds is 5. The van der Waals surface area contributed by atoms with Gasteiger partial charge in [-0.25, -0.2) is 9.97 Å². The lowest BCUT2D eigenvalue weighted by Crippen LogP contribution is -2.11. The van der Waals surface area contributed by atoms with E-state index in [4.69, 9.17) is 0 Å². The van der Waals surface area contributed by atoms with Crippen LogP contribution in [0.3, 0.4) is 0 Å². The van der Waals surface area contributed by atoms with Gasteiger partial charge in [-0.2, -0.15) is 10.1 Å². The first-order valence-corrected chi connectivity index (χ1v) is 7.58. The molecule has 0 fully saturated rings. The molecule has 0 spiro atoms. The van der Waals surface area contributed by atoms with Gasteiger partial charge in [-0.15, -0.1) is 0 Å². The zero-order chi connectivity index (χ0) is 16.4. The number of nitrogens with one attached hydrogen (secondary N) is 4. The summed E-state index contributed by atoms with van der Waals surface area (Å²) < 4.78 is 0. The largest absolute Gasteiger partial charge is 0.360 e. The van der Waals surface area contributed by atoms with Crippen LogP contribution in [0, 0.1) is 0 Å². The summed E-state index contributed by atoms with van der Waals surface area (Å²) in [6, 6.07) is 9.56. The van der Waals surface area contributed by atoms with Gasteiger partial charge in [0.15, 0.2) is 0 Å². The monoisotopic (exact) mass is 320 g/mol. The summed E-state index contributed by atoms with van der Waals surface area (Å²) in [5.41, 5.74) is 2.89. The van der Waals surface area contributed by atoms with E-state index < -0.39 is 0 Å². The predicted molar refractivity (Wildman–Crippen MR) is 92.0 cm³/mol. The SMILES string of the molecule is CC(Nc1nccc(Nc2ccn[nH]2)n1)c1ccc2[nH]ccc2n1. The van der Waals surface area contributed by atoms with Crippen molar-refractivity contribution in [3.63, 3.8) is 0 Å². The van der Waals surface area contributed by atoms with Gasteiger partial charge in [-0.05, 0) is 31.2 Å². The number of fused-ring (bicyclic) bond motifs is 1. The molecule has 0 aromatic carbocycles. The average Bonchev–Trinajstić information content (AvgIpc) is 3.25. The number of aromatic nitrogens is 6. The Morgan fingerprint density at radius 1 is 1.04 bits per heavy atom. The zero-order valence-corrected chi connectivity index (χ0v) is 13.0. The number of hydrogen-bond donors (Lipinski definition) is 4. The van der Waals surface area contributed by atoms with E-state index in [-0.39, 0.29) is 6.04 Å². The summed E-state index contributed by atoms with van der Waals surface area (Å²) in [5.74, 6) is 1.98. The lowest BCUT2D eigenvalue weighted by molar-refractivity contribution is 0.828. The average molecular weight is 320 g/mol. The first-order valence-electron chi connectivity index (χ1n) is 7.58. The van der Waals surface area contributed by atoms with Crippen molar-refractivity contribution in [1.82, 2.24) is 30.1 Å². The van der Waals surface area contributed by atoms with Gasteiger partial charge in [0.2, 0.25) is 5.95 Å². The molecule has 0 aliphatic carbocycles. The fourth-order valence-electron chi connectivity index (χ4n) is 2.42. The number of aromatic amines is 2. The van der Waals surface area contributed by atoms with Gasteiger partial charge in [0.05, 0.1) is 29.0 Å². The summed E-state index contributed by atoms with van der Waals surface area (Å²) in [6.07, 6.45) is 5.25. The summed E-state index contributed by atoms with van der Waals surface area (Å²) in [5, 5.41) is 13.1. The Morgan fingerprint density at radius 2 is 2.00 bits per heavy atom. The highest BCUT2D eigenvalue weighted by Crippen LogP contribution is 2.19. The molecule has 8 heteroatoms. The molecular weight excluding hydrogens is 304 g/mol. The van der Waals surface area contributed by atoms with Crippen molar-refractivity contribution in [3.8, 4) is 0 Å². The number of nitrogens with zero attached hydrogens (tertiary/aromatic N) is 4. The Morgan fingerprint density at radius 3 is 2.88 bits per heavy atom. The molecule has 4 heterocycles. The highest BCUT2D eigenvalue weighted by Gasteiger charge is 2.10. The van der Waals surface area contributed by atoms with Crippen LogP contribution in [0.1, 0.15) is 18.7 Å². The highest BCUT2D eigenvalue weighted by atomic mass is 15.2. The van der Waals surface area contributed by atoms with Gasteiger partial charge < -0.3 is 15.6 Å². The Hall–Kier alpha value is -3.42. The fraction of sp³-hybridized carbons (Fsp3) is 0.125. The van der Waals surface area contributed by atoms with Crippen molar-refractivity contribution >= 4 is 28.6 Å². The number of hydrogen-bond acceptors (Lipinski definition) is 6. The molecule has 4 rings (SSSR count). The van der Waals surface area contributed by atoms with Crippen LogP contribution in [0.5, 0.6) is 0 Å². The van der Waals surface area contributed by atoms with Crippen molar-refractivity contribution in [2.24, 2.45) is 0 Å². The Balaban J connectivity index is 1.51. The second kappa shape index (κ2) is 5.99. The molecule has 0 saturated heterocycles. The molecule has 0 aliphatic heterocycles. The second-order valence-corrected chi connectivity index (χ2v) is 5.37. The van der Waals surface area contributed by atoms with Gasteiger partial charge in [0.25, 0.3) is 0 Å².